The lowest BCUT2D eigenvalue weighted by Gasteiger charge is -2.42. The summed E-state index contributed by atoms with van der Waals surface area (Å²) >= 11 is 8.05. The van der Waals surface area contributed by atoms with Gasteiger partial charge in [0.2, 0.25) is 29.5 Å². The van der Waals surface area contributed by atoms with Gasteiger partial charge in [0.15, 0.2) is 5.72 Å². The molecule has 392 valence electrons. The molecule has 18 nitrogen and oxygen atoms in total. The van der Waals surface area contributed by atoms with Gasteiger partial charge >= 0.3 is 12.1 Å². The number of thioether (sulfide) groups is 1. The number of benzene rings is 1. The molecule has 20 heteroatoms. The first kappa shape index (κ1) is 55.6. The standard InChI is InChI=1S/C51H72ClN5O13S/c1-28-13-12-14-38(67-11)51(65)26-36(68-48(64)54-51)29(2)44-50(7,70-44)39(25-41(59)56(9)34-22-32(21-28)23-35(66-10)43(34)52)69-47(63)30(3)55(8)40(58)19-20-71-37-24-42(60)57(46(37)62)27-31-15-17-33(18-16-31)45(61)53-49(4,5)6/h12-14,22-23,29-31,33,36-39,44,65H,15-21,24-27H2,1-11H3,(H,53,61)(H,54,64)/b14-12+,28-13+/t29-,30+,31?,33?,36?,37?,38?,39+,44+,50?,51?/m1/s1. The van der Waals surface area contributed by atoms with Crippen molar-refractivity contribution < 1.29 is 62.4 Å². The molecule has 5 aliphatic rings. The summed E-state index contributed by atoms with van der Waals surface area (Å²) in [6, 6.07) is 2.42. The Morgan fingerprint density at radius 2 is 1.77 bits per heavy atom. The Hall–Kier alpha value is -4.69. The number of ether oxygens (including phenoxy) is 5. The van der Waals surface area contributed by atoms with E-state index >= 15 is 0 Å². The molecule has 4 bridgehead atoms. The van der Waals surface area contributed by atoms with Gasteiger partial charge in [0, 0.05) is 70.1 Å². The molecule has 71 heavy (non-hydrogen) atoms. The highest BCUT2D eigenvalue weighted by atomic mass is 35.5. The molecular weight excluding hydrogens is 958 g/mol. The summed E-state index contributed by atoms with van der Waals surface area (Å²) in [4.78, 5) is 98.2. The minimum Gasteiger partial charge on any atom is -0.495 e. The highest BCUT2D eigenvalue weighted by Gasteiger charge is 2.64. The first-order chi connectivity index (χ1) is 33.3. The van der Waals surface area contributed by atoms with E-state index in [1.165, 1.54) is 54.7 Å². The Labute approximate surface area is 426 Å². The van der Waals surface area contributed by atoms with Crippen LogP contribution in [-0.4, -0.2) is 150 Å². The average molecular weight is 1030 g/mol. The molecule has 0 aromatic heterocycles. The average Bonchev–Trinajstić information content (AvgIpc) is 3.94. The Morgan fingerprint density at radius 1 is 1.08 bits per heavy atom. The van der Waals surface area contributed by atoms with Crippen molar-refractivity contribution in [3.05, 3.63) is 46.5 Å². The number of nitrogens with zero attached hydrogens (tertiary/aromatic N) is 3. The number of likely N-dealkylation sites (tertiary alicyclic amines) is 1. The Morgan fingerprint density at radius 3 is 2.42 bits per heavy atom. The molecule has 4 aliphatic heterocycles. The van der Waals surface area contributed by atoms with Crippen molar-refractivity contribution in [1.82, 2.24) is 20.4 Å². The number of alkyl carbamates (subject to hydrolysis) is 1. The molecule has 0 spiro atoms. The largest absolute Gasteiger partial charge is 0.495 e. The quantitative estimate of drug-likeness (QED) is 0.134. The molecule has 4 fully saturated rings. The third-order valence-corrected chi connectivity index (χ3v) is 16.1. The fourth-order valence-electron chi connectivity index (χ4n) is 9.99. The number of epoxide rings is 1. The lowest BCUT2D eigenvalue weighted by atomic mass is 9.81. The molecule has 1 aromatic rings. The van der Waals surface area contributed by atoms with Gasteiger partial charge in [-0.05, 0) is 97.3 Å². The van der Waals surface area contributed by atoms with E-state index < -0.39 is 76.8 Å². The zero-order valence-corrected chi connectivity index (χ0v) is 44.4. The highest BCUT2D eigenvalue weighted by Crippen LogP contribution is 2.49. The number of rotatable bonds is 12. The van der Waals surface area contributed by atoms with Crippen LogP contribution < -0.4 is 20.3 Å². The number of esters is 1. The van der Waals surface area contributed by atoms with Crippen LogP contribution in [0.2, 0.25) is 5.02 Å². The van der Waals surface area contributed by atoms with E-state index in [1.54, 1.807) is 45.2 Å². The number of allylic oxidation sites excluding steroid dienone is 3. The number of nitrogens with one attached hydrogen (secondary N) is 2. The molecule has 4 heterocycles. The third kappa shape index (κ3) is 13.1. The molecule has 9 atom stereocenters. The number of halogens is 1. The summed E-state index contributed by atoms with van der Waals surface area (Å²) in [7, 11) is 5.91. The van der Waals surface area contributed by atoms with Gasteiger partial charge in [-0.3, -0.25) is 34.2 Å². The van der Waals surface area contributed by atoms with Crippen molar-refractivity contribution in [2.75, 3.05) is 45.5 Å². The van der Waals surface area contributed by atoms with E-state index in [9.17, 15) is 38.7 Å². The maximum Gasteiger partial charge on any atom is 0.409 e. The maximum absolute atomic E-state index is 14.4. The molecule has 6 rings (SSSR count). The first-order valence-corrected chi connectivity index (χ1v) is 25.8. The smallest absolute Gasteiger partial charge is 0.409 e. The van der Waals surface area contributed by atoms with Crippen LogP contribution in [0.4, 0.5) is 10.5 Å². The van der Waals surface area contributed by atoms with Crippen LogP contribution in [0.25, 0.3) is 0 Å². The van der Waals surface area contributed by atoms with Crippen LogP contribution in [0.5, 0.6) is 5.75 Å². The molecule has 5 unspecified atom stereocenters. The van der Waals surface area contributed by atoms with Crippen molar-refractivity contribution in [2.45, 2.75) is 159 Å². The second-order valence-electron chi connectivity index (χ2n) is 21.0. The molecule has 1 aliphatic carbocycles. The Kier molecular flexibility index (Phi) is 17.7. The molecule has 3 N–H and O–H groups in total. The number of carbonyl (C=O) groups is 7. The fourth-order valence-corrected chi connectivity index (χ4v) is 11.4. The van der Waals surface area contributed by atoms with Crippen LogP contribution in [-0.2, 0) is 54.1 Å². The topological polar surface area (TPSA) is 223 Å². The van der Waals surface area contributed by atoms with Crippen LogP contribution in [0.1, 0.15) is 105 Å². The minimum atomic E-state index is -1.87. The van der Waals surface area contributed by atoms with Crippen LogP contribution >= 0.6 is 23.4 Å². The predicted molar refractivity (Wildman–Crippen MR) is 266 cm³/mol. The minimum absolute atomic E-state index is 0.0312. The lowest BCUT2D eigenvalue weighted by Crippen LogP contribution is -2.63. The Bertz CT molecular complexity index is 2280. The monoisotopic (exact) mass is 1030 g/mol. The van der Waals surface area contributed by atoms with Crippen molar-refractivity contribution in [1.29, 1.82) is 0 Å². The molecule has 0 radical (unpaired) electrons. The summed E-state index contributed by atoms with van der Waals surface area (Å²) < 4.78 is 29.5. The van der Waals surface area contributed by atoms with E-state index in [4.69, 9.17) is 35.3 Å². The summed E-state index contributed by atoms with van der Waals surface area (Å²) in [5.41, 5.74) is -1.46. The normalized spacial score (nSPS) is 32.1. The molecular formula is C51H72ClN5O13S. The molecule has 3 saturated heterocycles. The predicted octanol–water partition coefficient (Wildman–Crippen LogP) is 5.49. The van der Waals surface area contributed by atoms with Crippen molar-refractivity contribution >= 4 is 70.6 Å². The van der Waals surface area contributed by atoms with Gasteiger partial charge < -0.3 is 43.9 Å². The zero-order chi connectivity index (χ0) is 52.3. The summed E-state index contributed by atoms with van der Waals surface area (Å²) in [6.07, 6.45) is 3.33. The molecule has 1 saturated carbocycles. The van der Waals surface area contributed by atoms with Crippen LogP contribution in [0, 0.1) is 17.8 Å². The SMILES string of the molecule is COc1cc2cc(c1Cl)N(C)C(=O)C[C@H](OC(=O)[C@H](C)N(C)C(=O)CCSC1CC(=O)N(CC3CCC(C(=O)NC(C)(C)C)CC3)C1=O)C1(C)O[C@H]1[C@H](C)C1CC(O)(NC(=O)O1)C(OC)/C=C/C=C(\C)C2. The third-order valence-electron chi connectivity index (χ3n) is 14.5. The fraction of sp³-hybridized carbons (Fsp3) is 0.667. The van der Waals surface area contributed by atoms with Crippen molar-refractivity contribution in [2.24, 2.45) is 17.8 Å². The van der Waals surface area contributed by atoms with Gasteiger partial charge in [-0.25, -0.2) is 9.59 Å². The number of carbonyl (C=O) groups excluding carboxylic acids is 7. The summed E-state index contributed by atoms with van der Waals surface area (Å²) in [6.45, 7) is 13.0. The van der Waals surface area contributed by atoms with Crippen molar-refractivity contribution in [3.63, 3.8) is 0 Å². The van der Waals surface area contributed by atoms with Gasteiger partial charge in [0.25, 0.3) is 0 Å². The summed E-state index contributed by atoms with van der Waals surface area (Å²) in [5, 5.41) is 17.0. The number of amides is 6. The van der Waals surface area contributed by atoms with E-state index in [2.05, 4.69) is 10.6 Å². The number of anilines is 1. The lowest BCUT2D eigenvalue weighted by molar-refractivity contribution is -0.162. The van der Waals surface area contributed by atoms with E-state index in [0.29, 0.717) is 37.2 Å². The van der Waals surface area contributed by atoms with Gasteiger partial charge in [-0.2, -0.15) is 0 Å². The second kappa shape index (κ2) is 22.6. The van der Waals surface area contributed by atoms with Crippen LogP contribution in [0.3, 0.4) is 0 Å². The second-order valence-corrected chi connectivity index (χ2v) is 22.7. The number of methoxy groups -OCH3 is 2. The van der Waals surface area contributed by atoms with Gasteiger partial charge in [0.1, 0.15) is 40.7 Å². The van der Waals surface area contributed by atoms with Gasteiger partial charge in [0.05, 0.1) is 30.6 Å². The Balaban J connectivity index is 1.13. The summed E-state index contributed by atoms with van der Waals surface area (Å²) in [5.74, 6) is -2.20. The number of hydrogen-bond acceptors (Lipinski definition) is 14. The first-order valence-electron chi connectivity index (χ1n) is 24.4. The highest BCUT2D eigenvalue weighted by molar-refractivity contribution is 8.00. The maximum atomic E-state index is 14.4. The molecule has 6 amide bonds. The molecule has 1 aromatic carbocycles. The van der Waals surface area contributed by atoms with Gasteiger partial charge in [-0.1, -0.05) is 42.3 Å². The zero-order valence-electron chi connectivity index (χ0n) is 42.8. The number of likely N-dealkylation sites (N-methyl/N-ethyl adjacent to an activating group) is 1. The number of aliphatic hydroxyl groups is 1. The number of hydrogen-bond donors (Lipinski definition) is 3. The van der Waals surface area contributed by atoms with Gasteiger partial charge in [-0.15, -0.1) is 11.8 Å². The van der Waals surface area contributed by atoms with E-state index in [-0.39, 0.29) is 71.6 Å². The van der Waals surface area contributed by atoms with E-state index in [1.807, 2.05) is 33.8 Å². The number of fused-ring (bicyclic) bond motifs is 5. The van der Waals surface area contributed by atoms with Crippen molar-refractivity contribution in [3.8, 4) is 5.75 Å². The van der Waals surface area contributed by atoms with E-state index in [0.717, 1.165) is 24.0 Å². The number of imide groups is 1. The van der Waals surface area contributed by atoms with Crippen LogP contribution in [0.15, 0.2) is 35.9 Å².